The van der Waals surface area contributed by atoms with Crippen molar-refractivity contribution in [3.05, 3.63) is 41.0 Å². The van der Waals surface area contributed by atoms with Crippen molar-refractivity contribution < 1.29 is 19.5 Å². The number of rotatable bonds is 4. The second kappa shape index (κ2) is 6.47. The number of nitrogens with one attached hydrogen (secondary N) is 1. The van der Waals surface area contributed by atoms with Gasteiger partial charge in [0.2, 0.25) is 5.91 Å². The number of allylic oxidation sites excluding steroid dienone is 2. The van der Waals surface area contributed by atoms with E-state index in [2.05, 4.69) is 5.32 Å². The molecule has 3 rings (SSSR count). The van der Waals surface area contributed by atoms with Crippen molar-refractivity contribution in [1.82, 2.24) is 0 Å². The fourth-order valence-electron chi connectivity index (χ4n) is 4.65. The first kappa shape index (κ1) is 17.4. The summed E-state index contributed by atoms with van der Waals surface area (Å²) in [5.74, 6) is -2.49. The number of carboxylic acids is 1. The van der Waals surface area contributed by atoms with Gasteiger partial charge in [-0.05, 0) is 57.6 Å². The van der Waals surface area contributed by atoms with Gasteiger partial charge in [-0.15, -0.1) is 0 Å². The van der Waals surface area contributed by atoms with Crippen LogP contribution < -0.4 is 5.32 Å². The Labute approximate surface area is 147 Å². The molecule has 2 bridgehead atoms. The van der Waals surface area contributed by atoms with Crippen molar-refractivity contribution in [2.75, 3.05) is 5.32 Å². The lowest BCUT2D eigenvalue weighted by Gasteiger charge is -2.26. The van der Waals surface area contributed by atoms with E-state index in [1.54, 1.807) is 24.3 Å². The minimum Gasteiger partial charge on any atom is -0.481 e. The van der Waals surface area contributed by atoms with E-state index < -0.39 is 17.8 Å². The third-order valence-corrected chi connectivity index (χ3v) is 5.54. The molecular weight excluding hydrogens is 318 g/mol. The van der Waals surface area contributed by atoms with Gasteiger partial charge in [0.1, 0.15) is 0 Å². The van der Waals surface area contributed by atoms with Crippen molar-refractivity contribution in [2.45, 2.75) is 33.6 Å². The monoisotopic (exact) mass is 341 g/mol. The van der Waals surface area contributed by atoms with Crippen LogP contribution in [-0.2, 0) is 9.59 Å². The molecule has 5 heteroatoms. The predicted octanol–water partition coefficient (Wildman–Crippen LogP) is 3.52. The lowest BCUT2D eigenvalue weighted by Crippen LogP contribution is -2.37. The van der Waals surface area contributed by atoms with Crippen LogP contribution in [0.1, 0.15) is 44.0 Å². The van der Waals surface area contributed by atoms with E-state index in [4.69, 9.17) is 0 Å². The topological polar surface area (TPSA) is 83.5 Å². The summed E-state index contributed by atoms with van der Waals surface area (Å²) in [6.07, 6.45) is 1.70. The molecule has 5 nitrogen and oxygen atoms in total. The molecule has 0 aromatic heterocycles. The molecule has 1 aromatic carbocycles. The molecule has 2 aliphatic rings. The number of aliphatic carboxylic acids is 1. The van der Waals surface area contributed by atoms with E-state index >= 15 is 0 Å². The molecule has 2 saturated carbocycles. The average molecular weight is 341 g/mol. The summed E-state index contributed by atoms with van der Waals surface area (Å²) >= 11 is 0. The summed E-state index contributed by atoms with van der Waals surface area (Å²) in [6.45, 7) is 5.46. The zero-order valence-electron chi connectivity index (χ0n) is 14.7. The van der Waals surface area contributed by atoms with Crippen LogP contribution in [0.3, 0.4) is 0 Å². The Morgan fingerprint density at radius 2 is 1.68 bits per heavy atom. The largest absolute Gasteiger partial charge is 0.481 e. The lowest BCUT2D eigenvalue weighted by atomic mass is 9.78. The Morgan fingerprint density at radius 1 is 1.04 bits per heavy atom. The number of hydrogen-bond donors (Lipinski definition) is 2. The van der Waals surface area contributed by atoms with Gasteiger partial charge in [0.25, 0.3) is 0 Å². The quantitative estimate of drug-likeness (QED) is 0.648. The molecule has 2 N–H and O–H groups in total. The normalized spacial score (nSPS) is 27.2. The minimum atomic E-state index is -0.899. The van der Waals surface area contributed by atoms with Crippen molar-refractivity contribution in [2.24, 2.45) is 23.7 Å². The molecule has 0 heterocycles. The Morgan fingerprint density at radius 3 is 2.24 bits per heavy atom. The van der Waals surface area contributed by atoms with Crippen LogP contribution in [0.4, 0.5) is 5.69 Å². The van der Waals surface area contributed by atoms with Gasteiger partial charge in [0.05, 0.1) is 11.8 Å². The number of carbonyl (C=O) groups excluding carboxylic acids is 2. The van der Waals surface area contributed by atoms with Crippen LogP contribution in [-0.4, -0.2) is 22.8 Å². The first-order valence-corrected chi connectivity index (χ1v) is 8.63. The highest BCUT2D eigenvalue weighted by Gasteiger charge is 2.57. The fourth-order valence-corrected chi connectivity index (χ4v) is 4.65. The summed E-state index contributed by atoms with van der Waals surface area (Å²) in [5, 5.41) is 12.5. The van der Waals surface area contributed by atoms with Crippen molar-refractivity contribution >= 4 is 23.3 Å². The Bertz CT molecular complexity index is 776. The van der Waals surface area contributed by atoms with E-state index in [0.29, 0.717) is 11.3 Å². The van der Waals surface area contributed by atoms with Crippen LogP contribution in [0, 0.1) is 23.7 Å². The fraction of sp³-hybridized carbons (Fsp3) is 0.450. The summed E-state index contributed by atoms with van der Waals surface area (Å²) in [4.78, 5) is 36.2. The first-order chi connectivity index (χ1) is 11.8. The molecule has 1 amide bonds. The molecular formula is C20H23NO4. The molecule has 2 aliphatic carbocycles. The predicted molar refractivity (Wildman–Crippen MR) is 94.3 cm³/mol. The smallest absolute Gasteiger partial charge is 0.307 e. The number of carboxylic acid groups (broad SMARTS) is 1. The van der Waals surface area contributed by atoms with E-state index in [9.17, 15) is 19.5 Å². The second-order valence-corrected chi connectivity index (χ2v) is 7.26. The highest BCUT2D eigenvalue weighted by molar-refractivity contribution is 5.99. The van der Waals surface area contributed by atoms with Gasteiger partial charge < -0.3 is 10.4 Å². The number of Topliss-reactive ketones (excluding diaryl/α,β-unsaturated/α-hetero) is 1. The van der Waals surface area contributed by atoms with Crippen molar-refractivity contribution in [3.8, 4) is 0 Å². The van der Waals surface area contributed by atoms with Crippen LogP contribution in [0.2, 0.25) is 0 Å². The summed E-state index contributed by atoms with van der Waals surface area (Å²) in [7, 11) is 0. The van der Waals surface area contributed by atoms with Crippen LogP contribution in [0.5, 0.6) is 0 Å². The van der Waals surface area contributed by atoms with Gasteiger partial charge in [-0.25, -0.2) is 0 Å². The zero-order chi connectivity index (χ0) is 18.3. The number of hydrogen-bond acceptors (Lipinski definition) is 3. The first-order valence-electron chi connectivity index (χ1n) is 8.63. The van der Waals surface area contributed by atoms with E-state index in [0.717, 1.165) is 24.0 Å². The average Bonchev–Trinajstić information content (AvgIpc) is 3.11. The van der Waals surface area contributed by atoms with Gasteiger partial charge >= 0.3 is 5.97 Å². The molecule has 0 radical (unpaired) electrons. The van der Waals surface area contributed by atoms with Gasteiger partial charge in [-0.3, -0.25) is 14.4 Å². The summed E-state index contributed by atoms with van der Waals surface area (Å²) in [6, 6.07) is 6.75. The third kappa shape index (κ3) is 2.99. The standard InChI is InChI=1S/C20H23NO4/c1-10(2)16-14-7-8-15(16)18(20(24)25)17(14)19(23)21-13-6-4-5-12(9-13)11(3)22/h4-6,9,14-15,17-18H,7-8H2,1-3H3,(H,21,23)(H,24,25)/t14-,15-,17-,18+/m0/s1. The van der Waals surface area contributed by atoms with E-state index in [1.807, 2.05) is 13.8 Å². The minimum absolute atomic E-state index is 0.00656. The lowest BCUT2D eigenvalue weighted by molar-refractivity contribution is -0.148. The van der Waals surface area contributed by atoms with E-state index in [1.165, 1.54) is 6.92 Å². The van der Waals surface area contributed by atoms with Gasteiger partial charge in [0.15, 0.2) is 5.78 Å². The maximum absolute atomic E-state index is 12.9. The van der Waals surface area contributed by atoms with Gasteiger partial charge in [-0.1, -0.05) is 23.3 Å². The molecule has 4 atom stereocenters. The Balaban J connectivity index is 1.88. The van der Waals surface area contributed by atoms with Gasteiger partial charge in [0, 0.05) is 11.3 Å². The maximum Gasteiger partial charge on any atom is 0.307 e. The van der Waals surface area contributed by atoms with Crippen LogP contribution >= 0.6 is 0 Å². The molecule has 25 heavy (non-hydrogen) atoms. The number of carbonyl (C=O) groups is 3. The zero-order valence-corrected chi connectivity index (χ0v) is 14.7. The highest BCUT2D eigenvalue weighted by Crippen LogP contribution is 2.57. The number of fused-ring (bicyclic) bond motifs is 2. The Hall–Kier alpha value is -2.43. The maximum atomic E-state index is 12.9. The molecule has 2 fully saturated rings. The van der Waals surface area contributed by atoms with Crippen LogP contribution in [0.15, 0.2) is 35.4 Å². The number of ketones is 1. The molecule has 132 valence electrons. The summed E-state index contributed by atoms with van der Waals surface area (Å²) < 4.78 is 0. The Kier molecular flexibility index (Phi) is 4.50. The molecule has 0 saturated heterocycles. The van der Waals surface area contributed by atoms with Crippen molar-refractivity contribution in [3.63, 3.8) is 0 Å². The summed E-state index contributed by atoms with van der Waals surface area (Å²) in [5.41, 5.74) is 3.34. The third-order valence-electron chi connectivity index (χ3n) is 5.54. The number of benzene rings is 1. The SMILES string of the molecule is CC(=O)c1cccc(NC(=O)[C@@H]2[C@H](C(=O)O)[C@H]3CC[C@H]2C3=C(C)C)c1. The van der Waals surface area contributed by atoms with Gasteiger partial charge in [-0.2, -0.15) is 0 Å². The molecule has 0 unspecified atom stereocenters. The number of amides is 1. The second-order valence-electron chi connectivity index (χ2n) is 7.26. The van der Waals surface area contributed by atoms with E-state index in [-0.39, 0.29) is 23.5 Å². The molecule has 1 aromatic rings. The molecule has 0 aliphatic heterocycles. The number of anilines is 1. The highest BCUT2D eigenvalue weighted by atomic mass is 16.4. The van der Waals surface area contributed by atoms with Crippen molar-refractivity contribution in [1.29, 1.82) is 0 Å². The molecule has 0 spiro atoms. The van der Waals surface area contributed by atoms with Crippen LogP contribution in [0.25, 0.3) is 0 Å².